The molecular formula is C48H32N10. The van der Waals surface area contributed by atoms with Gasteiger partial charge in [0.15, 0.2) is 11.6 Å². The number of fused-ring (bicyclic) bond motifs is 6. The largest absolute Gasteiger partial charge is 0.309 e. The Kier molecular flexibility index (Phi) is 7.89. The standard InChI is InChI=1S/C48H32N10/c1-27-51-28(2)54-47(53-27)33-16-18-43-39(21-33)36-12-5-7-14-41(36)57(43)45-24-38(32-11-9-10-31(20-32)25-49)46(23-35(45)26-50)58-42-15-8-6-13-37(42)40-22-34(17-19-44(40)58)48-55-29(3)52-30(4)56-48/h5-24H,1-4H3. The Morgan fingerprint density at radius 2 is 0.914 bits per heavy atom. The minimum atomic E-state index is 0.490. The smallest absolute Gasteiger partial charge is 0.163 e. The molecule has 0 fully saturated rings. The van der Waals surface area contributed by atoms with Gasteiger partial charge in [-0.1, -0.05) is 48.5 Å². The summed E-state index contributed by atoms with van der Waals surface area (Å²) in [5.41, 5.74) is 9.84. The van der Waals surface area contributed by atoms with Crippen molar-refractivity contribution >= 4 is 43.6 Å². The van der Waals surface area contributed by atoms with Crippen molar-refractivity contribution in [1.29, 1.82) is 10.5 Å². The molecule has 274 valence electrons. The molecule has 10 nitrogen and oxygen atoms in total. The van der Waals surface area contributed by atoms with Crippen LogP contribution in [0, 0.1) is 50.4 Å². The molecule has 0 unspecified atom stereocenters. The minimum absolute atomic E-state index is 0.490. The van der Waals surface area contributed by atoms with Crippen molar-refractivity contribution in [2.24, 2.45) is 0 Å². The molecule has 4 heterocycles. The molecule has 0 bridgehead atoms. The molecule has 10 aromatic rings. The molecule has 10 rings (SSSR count). The van der Waals surface area contributed by atoms with E-state index in [1.165, 1.54) is 0 Å². The van der Waals surface area contributed by atoms with Crippen LogP contribution in [0.1, 0.15) is 34.4 Å². The third-order valence-electron chi connectivity index (χ3n) is 10.6. The van der Waals surface area contributed by atoms with Crippen LogP contribution in [0.4, 0.5) is 0 Å². The number of rotatable bonds is 5. The molecule has 58 heavy (non-hydrogen) atoms. The number of hydrogen-bond acceptors (Lipinski definition) is 8. The highest BCUT2D eigenvalue weighted by molar-refractivity contribution is 6.12. The van der Waals surface area contributed by atoms with Crippen LogP contribution in [0.2, 0.25) is 0 Å². The molecular weight excluding hydrogens is 717 g/mol. The van der Waals surface area contributed by atoms with Crippen LogP contribution < -0.4 is 0 Å². The Morgan fingerprint density at radius 3 is 1.43 bits per heavy atom. The highest BCUT2D eigenvalue weighted by Gasteiger charge is 2.23. The van der Waals surface area contributed by atoms with Gasteiger partial charge in [0, 0.05) is 38.2 Å². The van der Waals surface area contributed by atoms with Gasteiger partial charge in [0.1, 0.15) is 29.4 Å². The van der Waals surface area contributed by atoms with Crippen LogP contribution in [0.5, 0.6) is 0 Å². The van der Waals surface area contributed by atoms with Crippen LogP contribution in [0.3, 0.4) is 0 Å². The summed E-state index contributed by atoms with van der Waals surface area (Å²) in [7, 11) is 0. The topological polar surface area (TPSA) is 135 Å². The summed E-state index contributed by atoms with van der Waals surface area (Å²) in [6.07, 6.45) is 0. The fourth-order valence-corrected chi connectivity index (χ4v) is 8.26. The van der Waals surface area contributed by atoms with E-state index in [1.54, 1.807) is 6.07 Å². The second kappa shape index (κ2) is 13.3. The number of nitrogens with zero attached hydrogens (tertiary/aromatic N) is 10. The molecule has 0 atom stereocenters. The van der Waals surface area contributed by atoms with Crippen LogP contribution >= 0.6 is 0 Å². The molecule has 6 aromatic carbocycles. The summed E-state index contributed by atoms with van der Waals surface area (Å²) in [5.74, 6) is 3.87. The number of hydrogen-bond donors (Lipinski definition) is 0. The lowest BCUT2D eigenvalue weighted by atomic mass is 9.98. The van der Waals surface area contributed by atoms with Crippen molar-refractivity contribution in [3.8, 4) is 57.4 Å². The third kappa shape index (κ3) is 5.55. The quantitative estimate of drug-likeness (QED) is 0.170. The van der Waals surface area contributed by atoms with Gasteiger partial charge in [-0.3, -0.25) is 0 Å². The fraction of sp³-hybridized carbons (Fsp3) is 0.0833. The first-order valence-electron chi connectivity index (χ1n) is 18.8. The molecule has 0 saturated carbocycles. The van der Waals surface area contributed by atoms with Crippen LogP contribution in [-0.4, -0.2) is 39.0 Å². The van der Waals surface area contributed by atoms with Crippen molar-refractivity contribution in [1.82, 2.24) is 39.0 Å². The van der Waals surface area contributed by atoms with E-state index in [2.05, 4.69) is 106 Å². The van der Waals surface area contributed by atoms with E-state index in [4.69, 9.17) is 0 Å². The van der Waals surface area contributed by atoms with Gasteiger partial charge < -0.3 is 9.13 Å². The maximum atomic E-state index is 11.0. The second-order valence-electron chi connectivity index (χ2n) is 14.4. The van der Waals surface area contributed by atoms with Crippen LogP contribution in [0.25, 0.3) is 88.9 Å². The molecule has 0 saturated heterocycles. The van der Waals surface area contributed by atoms with Gasteiger partial charge in [-0.15, -0.1) is 0 Å². The monoisotopic (exact) mass is 748 g/mol. The van der Waals surface area contributed by atoms with Crippen molar-refractivity contribution in [2.45, 2.75) is 27.7 Å². The number of aromatic nitrogens is 8. The lowest BCUT2D eigenvalue weighted by Crippen LogP contribution is -2.04. The molecule has 10 heteroatoms. The van der Waals surface area contributed by atoms with E-state index in [-0.39, 0.29) is 0 Å². The first-order valence-corrected chi connectivity index (χ1v) is 18.8. The van der Waals surface area contributed by atoms with Gasteiger partial charge in [0.2, 0.25) is 0 Å². The van der Waals surface area contributed by atoms with Gasteiger partial charge >= 0.3 is 0 Å². The van der Waals surface area contributed by atoms with E-state index in [9.17, 15) is 10.5 Å². The van der Waals surface area contributed by atoms with Crippen LogP contribution in [-0.2, 0) is 0 Å². The van der Waals surface area contributed by atoms with Gasteiger partial charge in [-0.05, 0) is 106 Å². The molecule has 0 aliphatic carbocycles. The van der Waals surface area contributed by atoms with Crippen LogP contribution in [0.15, 0.2) is 121 Å². The Labute approximate surface area is 333 Å². The van der Waals surface area contributed by atoms with Crippen molar-refractivity contribution < 1.29 is 0 Å². The van der Waals surface area contributed by atoms with Crippen molar-refractivity contribution in [2.75, 3.05) is 0 Å². The fourth-order valence-electron chi connectivity index (χ4n) is 8.26. The second-order valence-corrected chi connectivity index (χ2v) is 14.4. The van der Waals surface area contributed by atoms with Gasteiger partial charge in [0.25, 0.3) is 0 Å². The average molecular weight is 749 g/mol. The molecule has 0 aliphatic heterocycles. The Bertz CT molecular complexity index is 3390. The third-order valence-corrected chi connectivity index (χ3v) is 10.6. The predicted molar refractivity (Wildman–Crippen MR) is 227 cm³/mol. The number of nitriles is 2. The number of benzene rings is 6. The lowest BCUT2D eigenvalue weighted by molar-refractivity contribution is 0.928. The van der Waals surface area contributed by atoms with Gasteiger partial charge in [0.05, 0.1) is 50.6 Å². The zero-order valence-electron chi connectivity index (χ0n) is 32.0. The lowest BCUT2D eigenvalue weighted by Gasteiger charge is -2.19. The van der Waals surface area contributed by atoms with E-state index in [1.807, 2.05) is 88.4 Å². The van der Waals surface area contributed by atoms with Crippen molar-refractivity contribution in [3.63, 3.8) is 0 Å². The SMILES string of the molecule is Cc1nc(C)nc(-c2ccc3c(c2)c2ccccc2n3-c2cc(-c3cccc(C#N)c3)c(-n3c4ccccc4c4cc(-c5nc(C)nc(C)n5)ccc43)cc2C#N)n1. The van der Waals surface area contributed by atoms with Gasteiger partial charge in [-0.25, -0.2) is 29.9 Å². The summed E-state index contributed by atoms with van der Waals surface area (Å²) in [6, 6.07) is 45.6. The Morgan fingerprint density at radius 1 is 0.414 bits per heavy atom. The molecule has 0 N–H and O–H groups in total. The Balaban J connectivity index is 1.26. The highest BCUT2D eigenvalue weighted by Crippen LogP contribution is 2.42. The highest BCUT2D eigenvalue weighted by atomic mass is 15.0. The maximum Gasteiger partial charge on any atom is 0.163 e. The molecule has 0 amide bonds. The summed E-state index contributed by atoms with van der Waals surface area (Å²) in [4.78, 5) is 27.3. The molecule has 0 aliphatic rings. The van der Waals surface area contributed by atoms with Crippen molar-refractivity contribution in [3.05, 3.63) is 156 Å². The summed E-state index contributed by atoms with van der Waals surface area (Å²) >= 11 is 0. The first kappa shape index (κ1) is 34.4. The van der Waals surface area contributed by atoms with E-state index < -0.39 is 0 Å². The summed E-state index contributed by atoms with van der Waals surface area (Å²) in [5, 5.41) is 25.2. The Hall–Kier alpha value is -8.08. The normalized spacial score (nSPS) is 11.4. The maximum absolute atomic E-state index is 11.0. The van der Waals surface area contributed by atoms with E-state index >= 15 is 0 Å². The van der Waals surface area contributed by atoms with Gasteiger partial charge in [-0.2, -0.15) is 10.5 Å². The number of para-hydroxylation sites is 2. The molecule has 0 spiro atoms. The summed E-state index contributed by atoms with van der Waals surface area (Å²) < 4.78 is 4.38. The summed E-state index contributed by atoms with van der Waals surface area (Å²) in [6.45, 7) is 7.49. The zero-order chi connectivity index (χ0) is 39.7. The first-order chi connectivity index (χ1) is 28.3. The average Bonchev–Trinajstić information content (AvgIpc) is 3.74. The zero-order valence-corrected chi connectivity index (χ0v) is 32.0. The number of aryl methyl sites for hydroxylation is 4. The molecule has 4 aromatic heterocycles. The van der Waals surface area contributed by atoms with E-state index in [0.29, 0.717) is 46.1 Å². The minimum Gasteiger partial charge on any atom is -0.309 e. The van der Waals surface area contributed by atoms with E-state index in [0.717, 1.165) is 77.2 Å². The molecule has 0 radical (unpaired) electrons. The predicted octanol–water partition coefficient (Wildman–Crippen LogP) is 10.2.